The molecule has 4 nitrogen and oxygen atoms in total. The van der Waals surface area contributed by atoms with E-state index in [1.165, 1.54) is 10.6 Å². The molecule has 4 rings (SSSR count). The highest BCUT2D eigenvalue weighted by Crippen LogP contribution is 2.37. The maximum Gasteiger partial charge on any atom is 0.280 e. The van der Waals surface area contributed by atoms with Gasteiger partial charge in [0, 0.05) is 11.3 Å². The maximum absolute atomic E-state index is 13.1. The Bertz CT molecular complexity index is 1170. The second-order valence-corrected chi connectivity index (χ2v) is 9.63. The van der Waals surface area contributed by atoms with E-state index in [4.69, 9.17) is 4.98 Å². The zero-order valence-corrected chi connectivity index (χ0v) is 19.3. The van der Waals surface area contributed by atoms with E-state index in [9.17, 15) is 4.79 Å². The zero-order chi connectivity index (χ0) is 21.8. The quantitative estimate of drug-likeness (QED) is 0.242. The van der Waals surface area contributed by atoms with Gasteiger partial charge in [-0.15, -0.1) is 23.1 Å². The zero-order valence-electron chi connectivity index (χ0n) is 17.7. The molecule has 2 aromatic carbocycles. The molecule has 1 aliphatic heterocycles. The molecule has 0 N–H and O–H groups in total. The summed E-state index contributed by atoms with van der Waals surface area (Å²) < 4.78 is 1.10. The summed E-state index contributed by atoms with van der Waals surface area (Å²) in [5.74, 6) is 0.740. The van der Waals surface area contributed by atoms with Gasteiger partial charge in [-0.25, -0.2) is 4.98 Å². The molecule has 1 amide bonds. The van der Waals surface area contributed by atoms with Crippen molar-refractivity contribution in [2.75, 3.05) is 10.8 Å². The molecule has 3 aromatic rings. The van der Waals surface area contributed by atoms with Gasteiger partial charge in [0.15, 0.2) is 0 Å². The van der Waals surface area contributed by atoms with Crippen molar-refractivity contribution in [3.8, 4) is 10.6 Å². The van der Waals surface area contributed by atoms with Gasteiger partial charge < -0.3 is 0 Å². The van der Waals surface area contributed by atoms with Crippen LogP contribution in [0.5, 0.6) is 0 Å². The average molecular weight is 446 g/mol. The molecule has 0 saturated carbocycles. The number of carbonyl (C=O) groups is 1. The molecular formula is C25H23N3OS2. The molecule has 0 aliphatic carbocycles. The minimum atomic E-state index is -0.127. The van der Waals surface area contributed by atoms with Crippen molar-refractivity contribution in [3.63, 3.8) is 0 Å². The Kier molecular flexibility index (Phi) is 6.49. The lowest BCUT2D eigenvalue weighted by molar-refractivity contribution is -0.114. The van der Waals surface area contributed by atoms with Gasteiger partial charge in [-0.3, -0.25) is 4.79 Å². The topological polar surface area (TPSA) is 45.6 Å². The molecule has 2 heterocycles. The van der Waals surface area contributed by atoms with Crippen LogP contribution in [0.25, 0.3) is 16.6 Å². The summed E-state index contributed by atoms with van der Waals surface area (Å²) in [4.78, 5) is 18.0. The lowest BCUT2D eigenvalue weighted by Crippen LogP contribution is -2.21. The first kappa shape index (κ1) is 21.3. The Morgan fingerprint density at radius 2 is 1.74 bits per heavy atom. The monoisotopic (exact) mass is 445 g/mol. The number of nitrogens with zero attached hydrogens (tertiary/aromatic N) is 3. The molecule has 1 aliphatic rings. The van der Waals surface area contributed by atoms with Crippen molar-refractivity contribution in [1.82, 2.24) is 4.98 Å². The minimum absolute atomic E-state index is 0.127. The number of hydrogen-bond acceptors (Lipinski definition) is 5. The van der Waals surface area contributed by atoms with Gasteiger partial charge in [0.05, 0.1) is 26.9 Å². The summed E-state index contributed by atoms with van der Waals surface area (Å²) in [6.07, 6.45) is 4.09. The van der Waals surface area contributed by atoms with Crippen LogP contribution in [0.3, 0.4) is 0 Å². The SMILES string of the molecule is CC(C)=CCSc1sc(-c2ccccc2)nc1/C=C1/C(=O)N(c2ccccc2)N=C1C. The van der Waals surface area contributed by atoms with E-state index >= 15 is 0 Å². The van der Waals surface area contributed by atoms with Gasteiger partial charge >= 0.3 is 0 Å². The van der Waals surface area contributed by atoms with Crippen LogP contribution < -0.4 is 5.01 Å². The number of anilines is 1. The third-order valence-corrected chi connectivity index (χ3v) is 7.01. The van der Waals surface area contributed by atoms with E-state index in [0.29, 0.717) is 11.3 Å². The average Bonchev–Trinajstić information content (AvgIpc) is 3.31. The van der Waals surface area contributed by atoms with Gasteiger partial charge in [-0.2, -0.15) is 10.1 Å². The molecule has 0 fully saturated rings. The van der Waals surface area contributed by atoms with Crippen molar-refractivity contribution < 1.29 is 4.79 Å². The van der Waals surface area contributed by atoms with E-state index in [0.717, 1.165) is 31.9 Å². The fourth-order valence-electron chi connectivity index (χ4n) is 3.07. The first-order chi connectivity index (χ1) is 15.0. The molecule has 6 heteroatoms. The number of amides is 1. The van der Waals surface area contributed by atoms with Crippen LogP contribution in [0.1, 0.15) is 26.5 Å². The Hall–Kier alpha value is -2.96. The molecule has 0 spiro atoms. The van der Waals surface area contributed by atoms with Crippen LogP contribution in [0, 0.1) is 0 Å². The molecule has 1 aromatic heterocycles. The Labute approximate surface area is 191 Å². The Balaban J connectivity index is 1.70. The third kappa shape index (κ3) is 4.86. The minimum Gasteiger partial charge on any atom is -0.267 e. The van der Waals surface area contributed by atoms with Crippen LogP contribution in [-0.2, 0) is 4.79 Å². The summed E-state index contributed by atoms with van der Waals surface area (Å²) in [5, 5.41) is 6.90. The Morgan fingerprint density at radius 3 is 2.42 bits per heavy atom. The van der Waals surface area contributed by atoms with Gasteiger partial charge in [0.2, 0.25) is 0 Å². The molecule has 0 radical (unpaired) electrons. The second-order valence-electron chi connectivity index (χ2n) is 7.35. The summed E-state index contributed by atoms with van der Waals surface area (Å²) in [6, 6.07) is 19.6. The number of aromatic nitrogens is 1. The van der Waals surface area contributed by atoms with Crippen LogP contribution in [0.2, 0.25) is 0 Å². The van der Waals surface area contributed by atoms with Crippen LogP contribution in [-0.4, -0.2) is 22.4 Å². The van der Waals surface area contributed by atoms with Crippen molar-refractivity contribution in [2.45, 2.75) is 25.0 Å². The van der Waals surface area contributed by atoms with Crippen molar-refractivity contribution in [3.05, 3.63) is 83.6 Å². The van der Waals surface area contributed by atoms with E-state index in [1.54, 1.807) is 23.1 Å². The predicted molar refractivity (Wildman–Crippen MR) is 133 cm³/mol. The number of hydrogen-bond donors (Lipinski definition) is 0. The number of thiazole rings is 1. The van der Waals surface area contributed by atoms with Gasteiger partial charge in [-0.05, 0) is 39.0 Å². The number of para-hydroxylation sites is 1. The van der Waals surface area contributed by atoms with Gasteiger partial charge in [0.25, 0.3) is 5.91 Å². The van der Waals surface area contributed by atoms with E-state index in [-0.39, 0.29) is 5.91 Å². The molecule has 156 valence electrons. The number of hydrazone groups is 1. The number of carbonyl (C=O) groups excluding carboxylic acids is 1. The molecule has 0 bridgehead atoms. The van der Waals surface area contributed by atoms with Crippen LogP contribution >= 0.6 is 23.1 Å². The summed E-state index contributed by atoms with van der Waals surface area (Å²) >= 11 is 3.40. The highest BCUT2D eigenvalue weighted by Gasteiger charge is 2.29. The normalized spacial score (nSPS) is 14.8. The van der Waals surface area contributed by atoms with Gasteiger partial charge in [-0.1, -0.05) is 60.2 Å². The lowest BCUT2D eigenvalue weighted by atomic mass is 10.1. The highest BCUT2D eigenvalue weighted by atomic mass is 32.2. The molecular weight excluding hydrogens is 422 g/mol. The maximum atomic E-state index is 13.1. The first-order valence-electron chi connectivity index (χ1n) is 10.0. The Morgan fingerprint density at radius 1 is 1.06 bits per heavy atom. The van der Waals surface area contributed by atoms with Gasteiger partial charge in [0.1, 0.15) is 5.01 Å². The molecule has 0 atom stereocenters. The van der Waals surface area contributed by atoms with E-state index in [2.05, 4.69) is 37.2 Å². The lowest BCUT2D eigenvalue weighted by Gasteiger charge is -2.10. The summed E-state index contributed by atoms with van der Waals surface area (Å²) in [7, 11) is 0. The summed E-state index contributed by atoms with van der Waals surface area (Å²) in [6.45, 7) is 6.06. The molecule has 0 unspecified atom stereocenters. The fraction of sp³-hybridized carbons (Fsp3) is 0.160. The predicted octanol–water partition coefficient (Wildman–Crippen LogP) is 6.67. The van der Waals surface area contributed by atoms with Crippen LogP contribution in [0.4, 0.5) is 5.69 Å². The van der Waals surface area contributed by atoms with Crippen LogP contribution in [0.15, 0.2) is 87.2 Å². The smallest absolute Gasteiger partial charge is 0.267 e. The summed E-state index contributed by atoms with van der Waals surface area (Å²) in [5.41, 5.74) is 5.23. The number of thioether (sulfide) groups is 1. The number of rotatable bonds is 6. The first-order valence-corrected chi connectivity index (χ1v) is 11.8. The van der Waals surface area contributed by atoms with Crippen molar-refractivity contribution in [2.24, 2.45) is 5.10 Å². The fourth-order valence-corrected chi connectivity index (χ4v) is 5.35. The molecule has 31 heavy (non-hydrogen) atoms. The van der Waals surface area contributed by atoms with E-state index < -0.39 is 0 Å². The van der Waals surface area contributed by atoms with Crippen molar-refractivity contribution >= 4 is 46.5 Å². The largest absolute Gasteiger partial charge is 0.280 e. The number of allylic oxidation sites excluding steroid dienone is 1. The third-order valence-electron chi connectivity index (χ3n) is 4.69. The van der Waals surface area contributed by atoms with E-state index in [1.807, 2.05) is 61.5 Å². The van der Waals surface area contributed by atoms with Crippen molar-refractivity contribution in [1.29, 1.82) is 0 Å². The second kappa shape index (κ2) is 9.45. The molecule has 0 saturated heterocycles. The number of benzene rings is 2. The highest BCUT2D eigenvalue weighted by molar-refractivity contribution is 8.01. The standard InChI is InChI=1S/C25H23N3OS2/c1-17(2)14-15-30-25-22(26-23(31-25)19-10-6-4-7-11-19)16-21-18(3)27-28(24(21)29)20-12-8-5-9-13-20/h4-14,16H,15H2,1-3H3/b21-16+.